The molecule has 3 heterocycles. The Labute approximate surface area is 173 Å². The van der Waals surface area contributed by atoms with Gasteiger partial charge in [-0.25, -0.2) is 9.97 Å². The third kappa shape index (κ3) is 3.98. The smallest absolute Gasteiger partial charge is 0.319 e. The van der Waals surface area contributed by atoms with E-state index in [1.807, 2.05) is 40.3 Å². The molecule has 0 aromatic carbocycles. The lowest BCUT2D eigenvalue weighted by molar-refractivity contribution is 0.273. The van der Waals surface area contributed by atoms with E-state index in [-0.39, 0.29) is 0 Å². The fourth-order valence-corrected chi connectivity index (χ4v) is 4.35. The fourth-order valence-electron chi connectivity index (χ4n) is 3.31. The number of imidazole rings is 1. The Hall–Kier alpha value is -2.19. The maximum absolute atomic E-state index is 6.31. The van der Waals surface area contributed by atoms with Gasteiger partial charge < -0.3 is 14.6 Å². The van der Waals surface area contributed by atoms with Crippen molar-refractivity contribution < 1.29 is 4.74 Å². The molecule has 0 bridgehead atoms. The Morgan fingerprint density at radius 1 is 1.29 bits per heavy atom. The fraction of sp³-hybridized carbons (Fsp3) is 0.474. The van der Waals surface area contributed by atoms with Crippen molar-refractivity contribution in [3.8, 4) is 6.01 Å². The molecule has 1 fully saturated rings. The van der Waals surface area contributed by atoms with E-state index in [1.165, 1.54) is 10.6 Å². The molecule has 0 spiro atoms. The first-order valence-electron chi connectivity index (χ1n) is 9.22. The number of thiazole rings is 1. The first-order valence-corrected chi connectivity index (χ1v) is 10.4. The lowest BCUT2D eigenvalue weighted by Gasteiger charge is -2.11. The van der Waals surface area contributed by atoms with Crippen LogP contribution in [0.15, 0.2) is 12.5 Å². The largest absolute Gasteiger partial charge is 0.463 e. The maximum atomic E-state index is 6.31. The first-order chi connectivity index (χ1) is 13.4. The number of anilines is 1. The third-order valence-electron chi connectivity index (χ3n) is 5.06. The first kappa shape index (κ1) is 19.1. The Balaban J connectivity index is 1.40. The average Bonchev–Trinajstić information content (AvgIpc) is 3.17. The van der Waals surface area contributed by atoms with Crippen LogP contribution in [0, 0.1) is 26.7 Å². The SMILES string of the molecule is Cc1nc(C)c(CNc2nc(OCC3CC3c3cncn3C)nc(Cl)c2C)s1. The van der Waals surface area contributed by atoms with Crippen molar-refractivity contribution in [2.24, 2.45) is 13.0 Å². The van der Waals surface area contributed by atoms with Crippen LogP contribution in [0.25, 0.3) is 0 Å². The van der Waals surface area contributed by atoms with Crippen LogP contribution in [-0.2, 0) is 13.6 Å². The zero-order chi connectivity index (χ0) is 19.8. The number of nitrogens with one attached hydrogen (secondary N) is 1. The molecule has 1 saturated carbocycles. The van der Waals surface area contributed by atoms with E-state index in [0.29, 0.717) is 42.0 Å². The molecule has 0 saturated heterocycles. The Morgan fingerprint density at radius 3 is 2.79 bits per heavy atom. The molecule has 3 aromatic heterocycles. The van der Waals surface area contributed by atoms with Gasteiger partial charge in [0.15, 0.2) is 0 Å². The monoisotopic (exact) mass is 418 g/mol. The number of rotatable bonds is 7. The normalized spacial score (nSPS) is 18.3. The van der Waals surface area contributed by atoms with Gasteiger partial charge in [0, 0.05) is 41.2 Å². The number of halogens is 1. The molecule has 3 aromatic rings. The van der Waals surface area contributed by atoms with Crippen LogP contribution in [-0.4, -0.2) is 31.1 Å². The highest BCUT2D eigenvalue weighted by atomic mass is 35.5. The van der Waals surface area contributed by atoms with Gasteiger partial charge in [-0.2, -0.15) is 9.97 Å². The van der Waals surface area contributed by atoms with E-state index in [2.05, 4.69) is 29.8 Å². The van der Waals surface area contributed by atoms with Gasteiger partial charge in [-0.3, -0.25) is 0 Å². The van der Waals surface area contributed by atoms with Crippen LogP contribution >= 0.6 is 22.9 Å². The Kier molecular flexibility index (Phi) is 5.25. The second-order valence-corrected chi connectivity index (χ2v) is 8.85. The second kappa shape index (κ2) is 7.67. The highest BCUT2D eigenvalue weighted by molar-refractivity contribution is 7.11. The van der Waals surface area contributed by atoms with Crippen molar-refractivity contribution in [3.63, 3.8) is 0 Å². The summed E-state index contributed by atoms with van der Waals surface area (Å²) in [6.45, 7) is 7.15. The van der Waals surface area contributed by atoms with Crippen LogP contribution < -0.4 is 10.1 Å². The van der Waals surface area contributed by atoms with Crippen molar-refractivity contribution in [1.82, 2.24) is 24.5 Å². The molecule has 0 aliphatic heterocycles. The van der Waals surface area contributed by atoms with E-state index in [0.717, 1.165) is 22.7 Å². The second-order valence-electron chi connectivity index (χ2n) is 7.21. The Morgan fingerprint density at radius 2 is 2.11 bits per heavy atom. The number of aryl methyl sites for hydroxylation is 3. The van der Waals surface area contributed by atoms with Crippen LogP contribution in [0.4, 0.5) is 5.82 Å². The van der Waals surface area contributed by atoms with E-state index in [1.54, 1.807) is 11.3 Å². The summed E-state index contributed by atoms with van der Waals surface area (Å²) in [4.78, 5) is 18.6. The number of nitrogens with zero attached hydrogens (tertiary/aromatic N) is 5. The standard InChI is InChI=1S/C19H23ClN6OS/c1-10-17(20)24-19(25-18(10)22-7-16-11(2)23-12(3)28-16)27-8-13-5-14(13)15-6-21-9-26(15)4/h6,9,13-14H,5,7-8H2,1-4H3,(H,22,24,25). The molecule has 9 heteroatoms. The molecule has 0 amide bonds. The topological polar surface area (TPSA) is 77.8 Å². The van der Waals surface area contributed by atoms with Gasteiger partial charge in [0.25, 0.3) is 0 Å². The number of hydrogen-bond donors (Lipinski definition) is 1. The van der Waals surface area contributed by atoms with Gasteiger partial charge >= 0.3 is 6.01 Å². The summed E-state index contributed by atoms with van der Waals surface area (Å²) in [7, 11) is 2.02. The predicted molar refractivity (Wildman–Crippen MR) is 110 cm³/mol. The van der Waals surface area contributed by atoms with Crippen LogP contribution in [0.5, 0.6) is 6.01 Å². The van der Waals surface area contributed by atoms with Gasteiger partial charge in [-0.1, -0.05) is 11.6 Å². The minimum atomic E-state index is 0.311. The molecule has 1 N–H and O–H groups in total. The van der Waals surface area contributed by atoms with Gasteiger partial charge in [0.2, 0.25) is 0 Å². The van der Waals surface area contributed by atoms with Gasteiger partial charge in [0.05, 0.1) is 30.2 Å². The molecule has 1 aliphatic carbocycles. The highest BCUT2D eigenvalue weighted by Gasteiger charge is 2.40. The van der Waals surface area contributed by atoms with Crippen molar-refractivity contribution in [3.05, 3.63) is 44.5 Å². The summed E-state index contributed by atoms with van der Waals surface area (Å²) in [5.41, 5.74) is 3.10. The van der Waals surface area contributed by atoms with Crippen LogP contribution in [0.2, 0.25) is 5.15 Å². The summed E-state index contributed by atoms with van der Waals surface area (Å²) in [6, 6.07) is 0.311. The van der Waals surface area contributed by atoms with E-state index in [4.69, 9.17) is 16.3 Å². The zero-order valence-electron chi connectivity index (χ0n) is 16.4. The molecule has 28 heavy (non-hydrogen) atoms. The van der Waals surface area contributed by atoms with Gasteiger partial charge in [-0.05, 0) is 27.2 Å². The van der Waals surface area contributed by atoms with E-state index in [9.17, 15) is 0 Å². The lowest BCUT2D eigenvalue weighted by Crippen LogP contribution is -2.09. The molecular weight excluding hydrogens is 396 g/mol. The van der Waals surface area contributed by atoms with Gasteiger partial charge in [0.1, 0.15) is 11.0 Å². The molecule has 4 rings (SSSR count). The van der Waals surface area contributed by atoms with Crippen molar-refractivity contribution >= 4 is 28.8 Å². The summed E-state index contributed by atoms with van der Waals surface area (Å²) < 4.78 is 7.93. The van der Waals surface area contributed by atoms with Crippen molar-refractivity contribution in [2.45, 2.75) is 39.7 Å². The third-order valence-corrected chi connectivity index (χ3v) is 6.51. The minimum Gasteiger partial charge on any atom is -0.463 e. The molecule has 2 unspecified atom stereocenters. The molecular formula is C19H23ClN6OS. The molecule has 0 radical (unpaired) electrons. The molecule has 148 valence electrons. The summed E-state index contributed by atoms with van der Waals surface area (Å²) in [6.07, 6.45) is 4.85. The Bertz CT molecular complexity index is 1000. The highest BCUT2D eigenvalue weighted by Crippen LogP contribution is 2.47. The minimum absolute atomic E-state index is 0.311. The molecule has 7 nitrogen and oxygen atoms in total. The summed E-state index contributed by atoms with van der Waals surface area (Å²) in [5.74, 6) is 1.64. The number of aromatic nitrogens is 5. The molecule has 2 atom stereocenters. The summed E-state index contributed by atoms with van der Waals surface area (Å²) in [5, 5.41) is 4.81. The quantitative estimate of drug-likeness (QED) is 0.583. The predicted octanol–water partition coefficient (Wildman–Crippen LogP) is 4.04. The maximum Gasteiger partial charge on any atom is 0.319 e. The van der Waals surface area contributed by atoms with Crippen LogP contribution in [0.3, 0.4) is 0 Å². The van der Waals surface area contributed by atoms with Crippen LogP contribution in [0.1, 0.15) is 39.2 Å². The van der Waals surface area contributed by atoms with Gasteiger partial charge in [-0.15, -0.1) is 11.3 Å². The number of hydrogen-bond acceptors (Lipinski definition) is 7. The summed E-state index contributed by atoms with van der Waals surface area (Å²) >= 11 is 7.99. The van der Waals surface area contributed by atoms with Crippen molar-refractivity contribution in [1.29, 1.82) is 0 Å². The van der Waals surface area contributed by atoms with E-state index >= 15 is 0 Å². The van der Waals surface area contributed by atoms with E-state index < -0.39 is 0 Å². The molecule has 1 aliphatic rings. The number of ether oxygens (including phenoxy) is 1. The lowest BCUT2D eigenvalue weighted by atomic mass is 10.2. The average molecular weight is 419 g/mol. The zero-order valence-corrected chi connectivity index (χ0v) is 17.9. The van der Waals surface area contributed by atoms with Crippen molar-refractivity contribution in [2.75, 3.05) is 11.9 Å².